The molecule has 9 heteroatoms. The van der Waals surface area contributed by atoms with Crippen LogP contribution in [0.15, 0.2) is 53.3 Å². The number of nitrogens with zero attached hydrogens (tertiary/aromatic N) is 4. The van der Waals surface area contributed by atoms with Gasteiger partial charge in [0.15, 0.2) is 5.82 Å². The lowest BCUT2D eigenvalue weighted by Gasteiger charge is -2.33. The summed E-state index contributed by atoms with van der Waals surface area (Å²) in [4.78, 5) is 35.6. The SMILES string of the molecule is CC#CC(=O)N1CCCCC1c1nc(-c2ccc(C(=O)Nc3cc(Br)ccn3)cc2)cn1N. The van der Waals surface area contributed by atoms with Gasteiger partial charge in [0.05, 0.1) is 17.9 Å². The maximum Gasteiger partial charge on any atom is 0.299 e. The molecule has 1 aliphatic rings. The van der Waals surface area contributed by atoms with Crippen LogP contribution in [-0.2, 0) is 4.79 Å². The summed E-state index contributed by atoms with van der Waals surface area (Å²) in [6.45, 7) is 2.29. The summed E-state index contributed by atoms with van der Waals surface area (Å²) in [5, 5.41) is 2.77. The van der Waals surface area contributed by atoms with Gasteiger partial charge < -0.3 is 16.1 Å². The number of hydrogen-bond donors (Lipinski definition) is 2. The third kappa shape index (κ3) is 5.07. The van der Waals surface area contributed by atoms with Crippen LogP contribution in [0.4, 0.5) is 5.82 Å². The molecule has 3 aromatic rings. The van der Waals surface area contributed by atoms with Crippen molar-refractivity contribution in [3.63, 3.8) is 0 Å². The van der Waals surface area contributed by atoms with Gasteiger partial charge in [-0.05, 0) is 56.4 Å². The highest BCUT2D eigenvalue weighted by Gasteiger charge is 2.30. The molecule has 1 aliphatic heterocycles. The third-order valence-electron chi connectivity index (χ3n) is 5.46. The number of rotatable bonds is 4. The fraction of sp³-hybridized carbons (Fsp3) is 0.250. The standard InChI is InChI=1S/C24H23BrN6O2/c1-2-5-22(32)30-13-4-3-6-20(30)23-28-19(15-31(23)26)16-7-9-17(10-8-16)24(33)29-21-14-18(25)11-12-27-21/h7-12,14-15,20H,3-4,6,13,26H2,1H3,(H,27,29,33). The second kappa shape index (κ2) is 9.88. The Morgan fingerprint density at radius 1 is 1.21 bits per heavy atom. The number of aromatic nitrogens is 3. The van der Waals surface area contributed by atoms with Crippen molar-refractivity contribution in [2.45, 2.75) is 32.2 Å². The molecule has 33 heavy (non-hydrogen) atoms. The molecule has 0 bridgehead atoms. The fourth-order valence-corrected chi connectivity index (χ4v) is 4.20. The molecule has 1 saturated heterocycles. The number of imidazole rings is 1. The number of anilines is 1. The number of carbonyl (C=O) groups excluding carboxylic acids is 2. The largest absolute Gasteiger partial charge is 0.338 e. The molecule has 1 atom stereocenters. The average molecular weight is 507 g/mol. The average Bonchev–Trinajstić information content (AvgIpc) is 3.21. The highest BCUT2D eigenvalue weighted by Crippen LogP contribution is 2.31. The van der Waals surface area contributed by atoms with Gasteiger partial charge in [-0.15, -0.1) is 0 Å². The van der Waals surface area contributed by atoms with Crippen molar-refractivity contribution in [2.75, 3.05) is 17.7 Å². The second-order valence-electron chi connectivity index (χ2n) is 7.67. The lowest BCUT2D eigenvalue weighted by molar-refractivity contribution is -0.129. The van der Waals surface area contributed by atoms with E-state index in [0.29, 0.717) is 29.4 Å². The Morgan fingerprint density at radius 3 is 2.73 bits per heavy atom. The van der Waals surface area contributed by atoms with E-state index in [1.807, 2.05) is 12.1 Å². The minimum atomic E-state index is -0.259. The number of nitrogens with one attached hydrogen (secondary N) is 1. The predicted molar refractivity (Wildman–Crippen MR) is 129 cm³/mol. The van der Waals surface area contributed by atoms with Crippen LogP contribution < -0.4 is 11.2 Å². The number of nitrogens with two attached hydrogens (primary N) is 1. The molecule has 1 unspecified atom stereocenters. The molecule has 1 aromatic carbocycles. The number of likely N-dealkylation sites (tertiary alicyclic amines) is 1. The summed E-state index contributed by atoms with van der Waals surface area (Å²) in [5.74, 6) is 12.1. The van der Waals surface area contributed by atoms with Crippen LogP contribution in [0.1, 0.15) is 48.4 Å². The van der Waals surface area contributed by atoms with Gasteiger partial charge in [0.1, 0.15) is 5.82 Å². The van der Waals surface area contributed by atoms with E-state index in [4.69, 9.17) is 10.8 Å². The van der Waals surface area contributed by atoms with Crippen LogP contribution in [0.3, 0.4) is 0 Å². The van der Waals surface area contributed by atoms with E-state index in [2.05, 4.69) is 38.1 Å². The van der Waals surface area contributed by atoms with Gasteiger partial charge in [-0.2, -0.15) is 0 Å². The van der Waals surface area contributed by atoms with Crippen molar-refractivity contribution in [2.24, 2.45) is 0 Å². The molecular weight excluding hydrogens is 484 g/mol. The number of hydrogen-bond acceptors (Lipinski definition) is 5. The minimum Gasteiger partial charge on any atom is -0.338 e. The van der Waals surface area contributed by atoms with E-state index >= 15 is 0 Å². The third-order valence-corrected chi connectivity index (χ3v) is 5.95. The van der Waals surface area contributed by atoms with Gasteiger partial charge in [-0.1, -0.05) is 34.0 Å². The summed E-state index contributed by atoms with van der Waals surface area (Å²) in [6.07, 6.45) is 6.06. The Labute approximate surface area is 200 Å². The first kappa shape index (κ1) is 22.6. The molecule has 8 nitrogen and oxygen atoms in total. The van der Waals surface area contributed by atoms with Crippen molar-refractivity contribution in [1.82, 2.24) is 19.5 Å². The first-order chi connectivity index (χ1) is 16.0. The number of piperidine rings is 1. The summed E-state index contributed by atoms with van der Waals surface area (Å²) in [6, 6.07) is 10.4. The monoisotopic (exact) mass is 506 g/mol. The Hall–Kier alpha value is -3.64. The van der Waals surface area contributed by atoms with E-state index in [1.165, 1.54) is 4.68 Å². The van der Waals surface area contributed by atoms with E-state index in [-0.39, 0.29) is 17.9 Å². The van der Waals surface area contributed by atoms with Crippen LogP contribution in [0, 0.1) is 11.8 Å². The summed E-state index contributed by atoms with van der Waals surface area (Å²) in [5.41, 5.74) is 1.99. The van der Waals surface area contributed by atoms with Gasteiger partial charge in [0, 0.05) is 28.3 Å². The van der Waals surface area contributed by atoms with Gasteiger partial charge in [-0.25, -0.2) is 9.97 Å². The highest BCUT2D eigenvalue weighted by atomic mass is 79.9. The number of benzene rings is 1. The molecule has 3 heterocycles. The fourth-order valence-electron chi connectivity index (χ4n) is 3.87. The quantitative estimate of drug-likeness (QED) is 0.414. The van der Waals surface area contributed by atoms with E-state index < -0.39 is 0 Å². The summed E-state index contributed by atoms with van der Waals surface area (Å²) < 4.78 is 2.31. The summed E-state index contributed by atoms with van der Waals surface area (Å²) in [7, 11) is 0. The molecule has 1 fully saturated rings. The van der Waals surface area contributed by atoms with E-state index in [1.54, 1.807) is 48.5 Å². The van der Waals surface area contributed by atoms with Gasteiger partial charge in [0.25, 0.3) is 11.8 Å². The van der Waals surface area contributed by atoms with Crippen molar-refractivity contribution < 1.29 is 9.59 Å². The number of nitrogen functional groups attached to an aromatic ring is 1. The molecule has 168 valence electrons. The van der Waals surface area contributed by atoms with Gasteiger partial charge in [-0.3, -0.25) is 14.3 Å². The zero-order chi connectivity index (χ0) is 23.4. The smallest absolute Gasteiger partial charge is 0.299 e. The Bertz CT molecular complexity index is 1240. The molecule has 4 rings (SSSR count). The Balaban J connectivity index is 1.53. The van der Waals surface area contributed by atoms with E-state index in [0.717, 1.165) is 29.3 Å². The lowest BCUT2D eigenvalue weighted by atomic mass is 10.0. The second-order valence-corrected chi connectivity index (χ2v) is 8.58. The summed E-state index contributed by atoms with van der Waals surface area (Å²) >= 11 is 3.36. The number of halogens is 1. The molecule has 0 aliphatic carbocycles. The molecular formula is C24H23BrN6O2. The molecule has 0 saturated carbocycles. The first-order valence-electron chi connectivity index (χ1n) is 10.6. The normalized spacial score (nSPS) is 15.5. The highest BCUT2D eigenvalue weighted by molar-refractivity contribution is 9.10. The Morgan fingerprint density at radius 2 is 2.00 bits per heavy atom. The molecule has 2 amide bonds. The van der Waals surface area contributed by atoms with E-state index in [9.17, 15) is 9.59 Å². The first-order valence-corrected chi connectivity index (χ1v) is 11.4. The number of amides is 2. The van der Waals surface area contributed by atoms with Crippen molar-refractivity contribution in [1.29, 1.82) is 0 Å². The number of carbonyl (C=O) groups is 2. The maximum absolute atomic E-state index is 12.5. The molecule has 0 radical (unpaired) electrons. The zero-order valence-electron chi connectivity index (χ0n) is 18.1. The van der Waals surface area contributed by atoms with Crippen molar-refractivity contribution >= 4 is 33.6 Å². The molecule has 3 N–H and O–H groups in total. The van der Waals surface area contributed by atoms with Crippen molar-refractivity contribution in [3.05, 3.63) is 64.7 Å². The number of pyridine rings is 1. The van der Waals surface area contributed by atoms with Crippen LogP contribution in [0.2, 0.25) is 0 Å². The zero-order valence-corrected chi connectivity index (χ0v) is 19.7. The van der Waals surface area contributed by atoms with Crippen LogP contribution in [0.25, 0.3) is 11.3 Å². The van der Waals surface area contributed by atoms with Gasteiger partial charge in [0.2, 0.25) is 0 Å². The predicted octanol–water partition coefficient (Wildman–Crippen LogP) is 3.75. The van der Waals surface area contributed by atoms with Crippen LogP contribution in [-0.4, -0.2) is 37.9 Å². The molecule has 0 spiro atoms. The maximum atomic E-state index is 12.5. The van der Waals surface area contributed by atoms with Crippen LogP contribution in [0.5, 0.6) is 0 Å². The lowest BCUT2D eigenvalue weighted by Crippen LogP contribution is -2.39. The Kier molecular flexibility index (Phi) is 6.75. The minimum absolute atomic E-state index is 0.206. The van der Waals surface area contributed by atoms with Crippen molar-refractivity contribution in [3.8, 4) is 23.1 Å². The van der Waals surface area contributed by atoms with Gasteiger partial charge >= 0.3 is 0 Å². The molecule has 2 aromatic heterocycles. The topological polar surface area (TPSA) is 106 Å². The van der Waals surface area contributed by atoms with Crippen LogP contribution >= 0.6 is 15.9 Å².